The van der Waals surface area contributed by atoms with Crippen LogP contribution in [0, 0.1) is 0 Å². The van der Waals surface area contributed by atoms with Crippen LogP contribution < -0.4 is 10.1 Å². The van der Waals surface area contributed by atoms with Gasteiger partial charge in [0.25, 0.3) is 0 Å². The van der Waals surface area contributed by atoms with Crippen molar-refractivity contribution in [2.75, 3.05) is 5.32 Å². The van der Waals surface area contributed by atoms with Gasteiger partial charge in [0.05, 0.1) is 16.7 Å². The molecule has 0 unspecified atom stereocenters. The van der Waals surface area contributed by atoms with Crippen molar-refractivity contribution in [2.24, 2.45) is 0 Å². The number of benzene rings is 2. The first-order valence-corrected chi connectivity index (χ1v) is 8.35. The lowest BCUT2D eigenvalue weighted by molar-refractivity contribution is -0.274. The molecule has 9 heteroatoms. The van der Waals surface area contributed by atoms with E-state index in [0.29, 0.717) is 11.0 Å². The summed E-state index contributed by atoms with van der Waals surface area (Å²) in [4.78, 5) is 19.5. The van der Waals surface area contributed by atoms with Crippen LogP contribution in [0.2, 0.25) is 0 Å². The second-order valence-corrected chi connectivity index (χ2v) is 6.98. The van der Waals surface area contributed by atoms with Crippen LogP contribution in [0.1, 0.15) is 20.8 Å². The highest BCUT2D eigenvalue weighted by atomic mass is 19.4. The van der Waals surface area contributed by atoms with E-state index >= 15 is 0 Å². The largest absolute Gasteiger partial charge is 0.573 e. The lowest BCUT2D eigenvalue weighted by Gasteiger charge is -2.20. The molecule has 0 atom stereocenters. The number of anilines is 1. The van der Waals surface area contributed by atoms with Gasteiger partial charge >= 0.3 is 12.5 Å². The third-order valence-electron chi connectivity index (χ3n) is 3.50. The molecule has 6 nitrogen and oxygen atoms in total. The summed E-state index contributed by atoms with van der Waals surface area (Å²) >= 11 is 0. The number of H-pyrrole nitrogens is 1. The van der Waals surface area contributed by atoms with Crippen molar-refractivity contribution in [1.82, 2.24) is 9.97 Å². The number of halogens is 3. The quantitative estimate of drug-likeness (QED) is 0.618. The SMILES string of the molecule is CC(C)(C)OC(=O)Nc1ccc(OC(F)(F)F)cc1-c1nc2ccccc2[nH]1. The summed E-state index contributed by atoms with van der Waals surface area (Å²) in [5, 5.41) is 2.54. The Bertz CT molecular complexity index is 974. The highest BCUT2D eigenvalue weighted by Gasteiger charge is 2.31. The molecule has 0 radical (unpaired) electrons. The van der Waals surface area contributed by atoms with Gasteiger partial charge in [-0.25, -0.2) is 9.78 Å². The Labute approximate surface area is 158 Å². The number of hydrogen-bond acceptors (Lipinski definition) is 4. The van der Waals surface area contributed by atoms with Gasteiger partial charge in [-0.05, 0) is 51.1 Å². The summed E-state index contributed by atoms with van der Waals surface area (Å²) in [5.41, 5.74) is 1.04. The zero-order chi connectivity index (χ0) is 20.5. The summed E-state index contributed by atoms with van der Waals surface area (Å²) in [5.74, 6) is -0.155. The fourth-order valence-electron chi connectivity index (χ4n) is 2.52. The number of nitrogens with zero attached hydrogens (tertiary/aromatic N) is 1. The number of rotatable bonds is 3. The molecule has 1 aromatic heterocycles. The van der Waals surface area contributed by atoms with Crippen molar-refractivity contribution < 1.29 is 27.4 Å². The van der Waals surface area contributed by atoms with E-state index in [1.54, 1.807) is 45.0 Å². The maximum Gasteiger partial charge on any atom is 0.573 e. The summed E-state index contributed by atoms with van der Waals surface area (Å²) in [7, 11) is 0. The molecule has 0 aliphatic carbocycles. The fourth-order valence-corrected chi connectivity index (χ4v) is 2.52. The molecule has 0 saturated heterocycles. The maximum absolute atomic E-state index is 12.6. The number of aromatic amines is 1. The van der Waals surface area contributed by atoms with Crippen LogP contribution in [0.15, 0.2) is 42.5 Å². The van der Waals surface area contributed by atoms with E-state index in [1.807, 2.05) is 0 Å². The number of amides is 1. The number of fused-ring (bicyclic) bond motifs is 1. The number of imidazole rings is 1. The lowest BCUT2D eigenvalue weighted by atomic mass is 10.1. The van der Waals surface area contributed by atoms with E-state index in [-0.39, 0.29) is 17.1 Å². The number of para-hydroxylation sites is 2. The molecule has 3 rings (SSSR count). The number of hydrogen-bond donors (Lipinski definition) is 2. The molecule has 0 saturated carbocycles. The Balaban J connectivity index is 2.02. The summed E-state index contributed by atoms with van der Waals surface area (Å²) in [6.07, 6.45) is -5.58. The van der Waals surface area contributed by atoms with E-state index < -0.39 is 23.8 Å². The smallest absolute Gasteiger partial charge is 0.444 e. The van der Waals surface area contributed by atoms with Crippen LogP contribution in [0.25, 0.3) is 22.4 Å². The molecule has 2 N–H and O–H groups in total. The maximum atomic E-state index is 12.6. The van der Waals surface area contributed by atoms with E-state index in [9.17, 15) is 18.0 Å². The standard InChI is InChI=1S/C19H18F3N3O3/c1-18(2,3)28-17(26)25-13-9-8-11(27-19(20,21)22)10-12(13)16-23-14-6-4-5-7-15(14)24-16/h4-10H,1-3H3,(H,23,24)(H,25,26). The Hall–Kier alpha value is -3.23. The van der Waals surface area contributed by atoms with Crippen LogP contribution in [-0.2, 0) is 4.74 Å². The monoisotopic (exact) mass is 393 g/mol. The van der Waals surface area contributed by atoms with Crippen LogP contribution in [0.4, 0.5) is 23.7 Å². The minimum absolute atomic E-state index is 0.225. The molecule has 148 valence electrons. The second-order valence-electron chi connectivity index (χ2n) is 6.98. The molecule has 0 aliphatic heterocycles. The topological polar surface area (TPSA) is 76.2 Å². The van der Waals surface area contributed by atoms with E-state index in [2.05, 4.69) is 20.0 Å². The Kier molecular flexibility index (Phi) is 4.93. The number of carbonyl (C=O) groups is 1. The van der Waals surface area contributed by atoms with E-state index in [0.717, 1.165) is 12.1 Å². The fraction of sp³-hybridized carbons (Fsp3) is 0.263. The molecule has 0 fully saturated rings. The normalized spacial score (nSPS) is 12.1. The second kappa shape index (κ2) is 7.06. The predicted octanol–water partition coefficient (Wildman–Crippen LogP) is 5.48. The first-order chi connectivity index (χ1) is 13.0. The van der Waals surface area contributed by atoms with Gasteiger partial charge < -0.3 is 14.5 Å². The Morgan fingerprint density at radius 1 is 1.11 bits per heavy atom. The molecular weight excluding hydrogens is 375 g/mol. The van der Waals surface area contributed by atoms with Crippen molar-refractivity contribution >= 4 is 22.8 Å². The van der Waals surface area contributed by atoms with Crippen molar-refractivity contribution in [3.05, 3.63) is 42.5 Å². The minimum Gasteiger partial charge on any atom is -0.444 e. The molecule has 1 heterocycles. The highest BCUT2D eigenvalue weighted by Crippen LogP contribution is 2.34. The zero-order valence-corrected chi connectivity index (χ0v) is 15.3. The summed E-state index contributed by atoms with van der Waals surface area (Å²) < 4.78 is 47.0. The number of aromatic nitrogens is 2. The van der Waals surface area contributed by atoms with Gasteiger partial charge in [-0.1, -0.05) is 12.1 Å². The van der Waals surface area contributed by atoms with Gasteiger partial charge in [0, 0.05) is 5.56 Å². The van der Waals surface area contributed by atoms with Gasteiger partial charge in [-0.3, -0.25) is 5.32 Å². The summed E-state index contributed by atoms with van der Waals surface area (Å²) in [6.45, 7) is 5.10. The number of alkyl halides is 3. The Morgan fingerprint density at radius 3 is 2.46 bits per heavy atom. The van der Waals surface area contributed by atoms with Crippen molar-refractivity contribution in [3.8, 4) is 17.1 Å². The number of carbonyl (C=O) groups excluding carboxylic acids is 1. The highest BCUT2D eigenvalue weighted by molar-refractivity contribution is 5.92. The van der Waals surface area contributed by atoms with Crippen molar-refractivity contribution in [3.63, 3.8) is 0 Å². The number of nitrogens with one attached hydrogen (secondary N) is 2. The first kappa shape index (κ1) is 19.5. The molecule has 28 heavy (non-hydrogen) atoms. The molecule has 0 bridgehead atoms. The minimum atomic E-state index is -4.84. The van der Waals surface area contributed by atoms with Crippen LogP contribution in [-0.4, -0.2) is 28.0 Å². The van der Waals surface area contributed by atoms with Gasteiger partial charge in [0.15, 0.2) is 0 Å². The van der Waals surface area contributed by atoms with Gasteiger partial charge in [-0.2, -0.15) is 0 Å². The third kappa shape index (κ3) is 4.93. The van der Waals surface area contributed by atoms with Gasteiger partial charge in [0.1, 0.15) is 17.2 Å². The molecule has 2 aromatic carbocycles. The predicted molar refractivity (Wildman–Crippen MR) is 98.1 cm³/mol. The zero-order valence-electron chi connectivity index (χ0n) is 15.3. The van der Waals surface area contributed by atoms with Gasteiger partial charge in [0.2, 0.25) is 0 Å². The Morgan fingerprint density at radius 2 is 1.82 bits per heavy atom. The molecular formula is C19H18F3N3O3. The van der Waals surface area contributed by atoms with Crippen LogP contribution >= 0.6 is 0 Å². The van der Waals surface area contributed by atoms with Crippen molar-refractivity contribution in [2.45, 2.75) is 32.7 Å². The van der Waals surface area contributed by atoms with E-state index in [4.69, 9.17) is 4.74 Å². The van der Waals surface area contributed by atoms with Crippen LogP contribution in [0.5, 0.6) is 5.75 Å². The average Bonchev–Trinajstić information content (AvgIpc) is 2.97. The number of ether oxygens (including phenoxy) is 2. The molecule has 3 aromatic rings. The molecule has 1 amide bonds. The van der Waals surface area contributed by atoms with Crippen LogP contribution in [0.3, 0.4) is 0 Å². The molecule has 0 spiro atoms. The lowest BCUT2D eigenvalue weighted by Crippen LogP contribution is -2.27. The van der Waals surface area contributed by atoms with Gasteiger partial charge in [-0.15, -0.1) is 13.2 Å². The third-order valence-corrected chi connectivity index (χ3v) is 3.50. The summed E-state index contributed by atoms with van der Waals surface area (Å²) in [6, 6.07) is 10.7. The first-order valence-electron chi connectivity index (χ1n) is 8.35. The average molecular weight is 393 g/mol. The van der Waals surface area contributed by atoms with Crippen molar-refractivity contribution in [1.29, 1.82) is 0 Å². The molecule has 0 aliphatic rings. The van der Waals surface area contributed by atoms with E-state index in [1.165, 1.54) is 6.07 Å².